The first kappa shape index (κ1) is 23.9. The fraction of sp³-hybridized carbons (Fsp3) is 0.400. The first-order valence-corrected chi connectivity index (χ1v) is 9.18. The molecule has 0 aliphatic heterocycles. The maximum absolute atomic E-state index is 11.8. The third-order valence-corrected chi connectivity index (χ3v) is 4.90. The number of rotatable bonds is 3. The minimum atomic E-state index is -5.84. The van der Waals surface area contributed by atoms with Crippen LogP contribution < -0.4 is 0 Å². The number of hydrogen-bond acceptors (Lipinski definition) is 5. The average molecular weight is 446 g/mol. The van der Waals surface area contributed by atoms with Gasteiger partial charge in [-0.15, -0.1) is 0 Å². The fourth-order valence-corrected chi connectivity index (χ4v) is 2.84. The molecular weight excluding hydrogens is 431 g/mol. The first-order chi connectivity index (χ1) is 12.6. The summed E-state index contributed by atoms with van der Waals surface area (Å²) >= 11 is 6.06. The second-order valence-corrected chi connectivity index (χ2v) is 8.00. The minimum Gasteiger partial charge on any atom is -0.481 e. The normalized spacial score (nSPS) is 24.8. The Hall–Kier alpha value is -2.18. The quantitative estimate of drug-likeness (QED) is 0.366. The Balaban J connectivity index is 0.000000416. The molecule has 0 spiro atoms. The molecule has 0 radical (unpaired) electrons. The smallest absolute Gasteiger partial charge is 0.481 e. The van der Waals surface area contributed by atoms with Crippen LogP contribution in [0.4, 0.5) is 13.2 Å². The molecule has 0 fully saturated rings. The Labute approximate surface area is 162 Å². The molecule has 1 aromatic heterocycles. The van der Waals surface area contributed by atoms with E-state index >= 15 is 0 Å². The van der Waals surface area contributed by atoms with E-state index < -0.39 is 38.4 Å². The number of pyridine rings is 1. The summed E-state index contributed by atoms with van der Waals surface area (Å²) in [5.41, 5.74) is -8.03. The van der Waals surface area contributed by atoms with Crippen molar-refractivity contribution in [1.82, 2.24) is 4.98 Å². The van der Waals surface area contributed by atoms with E-state index in [1.165, 1.54) is 19.2 Å². The second kappa shape index (κ2) is 8.05. The van der Waals surface area contributed by atoms with E-state index in [-0.39, 0.29) is 23.6 Å². The zero-order chi connectivity index (χ0) is 22.0. The molecule has 2 rings (SSSR count). The van der Waals surface area contributed by atoms with Crippen molar-refractivity contribution < 1.29 is 45.9 Å². The number of aromatic nitrogens is 1. The monoisotopic (exact) mass is 445 g/mol. The van der Waals surface area contributed by atoms with Crippen molar-refractivity contribution >= 4 is 33.7 Å². The van der Waals surface area contributed by atoms with E-state index in [1.807, 2.05) is 0 Å². The lowest BCUT2D eigenvalue weighted by atomic mass is 9.65. The third-order valence-electron chi connectivity index (χ3n) is 4.01. The number of halogens is 4. The zero-order valence-electron chi connectivity index (χ0n) is 14.1. The summed E-state index contributed by atoms with van der Waals surface area (Å²) in [6, 6.07) is 3.15. The standard InChI is InChI=1S/C14H14ClNO4.CHF3O3S/c1-13(11(17)18)5-3-6-14(8-13,12(19)20)10-9(15)4-2-7-16-10;2-1(3,4)8(5,6)7/h2-4,6-7H,5,8H2,1H3,(H,17,18)(H,19,20);(H,5,6,7)/t13?,14-;/m0./s1. The largest absolute Gasteiger partial charge is 0.522 e. The van der Waals surface area contributed by atoms with E-state index in [0.717, 1.165) is 0 Å². The van der Waals surface area contributed by atoms with E-state index in [0.29, 0.717) is 0 Å². The van der Waals surface area contributed by atoms with E-state index in [1.54, 1.807) is 18.2 Å². The highest BCUT2D eigenvalue weighted by Crippen LogP contribution is 2.45. The van der Waals surface area contributed by atoms with Gasteiger partial charge in [0.2, 0.25) is 0 Å². The number of hydrogen-bond donors (Lipinski definition) is 3. The summed E-state index contributed by atoms with van der Waals surface area (Å²) in [6.07, 6.45) is 4.72. The van der Waals surface area contributed by atoms with Crippen LogP contribution in [-0.4, -0.2) is 45.6 Å². The molecule has 0 saturated heterocycles. The lowest BCUT2D eigenvalue weighted by Gasteiger charge is -2.37. The van der Waals surface area contributed by atoms with Crippen LogP contribution in [0.2, 0.25) is 5.02 Å². The van der Waals surface area contributed by atoms with Gasteiger partial charge in [0, 0.05) is 6.20 Å². The Morgan fingerprint density at radius 1 is 1.25 bits per heavy atom. The fourth-order valence-electron chi connectivity index (χ4n) is 2.55. The predicted molar refractivity (Wildman–Crippen MR) is 90.3 cm³/mol. The van der Waals surface area contributed by atoms with Gasteiger partial charge in [-0.25, -0.2) is 0 Å². The molecule has 156 valence electrons. The minimum absolute atomic E-state index is 0.0854. The van der Waals surface area contributed by atoms with Crippen molar-refractivity contribution in [2.75, 3.05) is 0 Å². The van der Waals surface area contributed by atoms with E-state index in [2.05, 4.69) is 4.98 Å². The average Bonchev–Trinajstić information content (AvgIpc) is 2.53. The molecule has 0 saturated carbocycles. The summed E-state index contributed by atoms with van der Waals surface area (Å²) in [5.74, 6) is -2.18. The van der Waals surface area contributed by atoms with Gasteiger partial charge in [0.1, 0.15) is 5.41 Å². The molecule has 1 aromatic rings. The number of carbonyl (C=O) groups is 2. The van der Waals surface area contributed by atoms with Crippen molar-refractivity contribution in [2.24, 2.45) is 5.41 Å². The molecule has 28 heavy (non-hydrogen) atoms. The van der Waals surface area contributed by atoms with Gasteiger partial charge in [-0.3, -0.25) is 19.1 Å². The van der Waals surface area contributed by atoms with Crippen LogP contribution in [0.25, 0.3) is 0 Å². The number of allylic oxidation sites excluding steroid dienone is 1. The number of carboxylic acids is 2. The van der Waals surface area contributed by atoms with Gasteiger partial charge < -0.3 is 10.2 Å². The van der Waals surface area contributed by atoms with Crippen LogP contribution in [0.5, 0.6) is 0 Å². The topological polar surface area (TPSA) is 142 Å². The number of alkyl halides is 3. The lowest BCUT2D eigenvalue weighted by molar-refractivity contribution is -0.152. The van der Waals surface area contributed by atoms with Gasteiger partial charge in [-0.1, -0.05) is 23.8 Å². The maximum atomic E-state index is 11.8. The van der Waals surface area contributed by atoms with Crippen LogP contribution in [0, 0.1) is 5.41 Å². The van der Waals surface area contributed by atoms with Crippen molar-refractivity contribution in [3.63, 3.8) is 0 Å². The molecule has 1 aliphatic carbocycles. The molecular formula is C15H15ClF3NO7S. The summed E-state index contributed by atoms with van der Waals surface area (Å²) in [5, 5.41) is 19.2. The van der Waals surface area contributed by atoms with Crippen molar-refractivity contribution in [1.29, 1.82) is 0 Å². The van der Waals surface area contributed by atoms with E-state index in [9.17, 15) is 33.0 Å². The SMILES string of the molecule is CC1(C(=O)O)CC=C[C@@](C(=O)O)(c2ncccc2Cl)C1.O=S(=O)(O)C(F)(F)F. The molecule has 13 heteroatoms. The first-order valence-electron chi connectivity index (χ1n) is 7.36. The summed E-state index contributed by atoms with van der Waals surface area (Å²) in [4.78, 5) is 27.3. The van der Waals surface area contributed by atoms with Crippen molar-refractivity contribution in [2.45, 2.75) is 30.7 Å². The molecule has 3 N–H and O–H groups in total. The molecule has 0 bridgehead atoms. The Morgan fingerprint density at radius 2 is 1.79 bits per heavy atom. The number of carboxylic acid groups (broad SMARTS) is 2. The maximum Gasteiger partial charge on any atom is 0.522 e. The van der Waals surface area contributed by atoms with Gasteiger partial charge in [-0.2, -0.15) is 21.6 Å². The Bertz CT molecular complexity index is 903. The lowest BCUT2D eigenvalue weighted by Crippen LogP contribution is -2.45. The Kier molecular flexibility index (Phi) is 6.86. The van der Waals surface area contributed by atoms with Crippen LogP contribution in [0.1, 0.15) is 25.5 Å². The third kappa shape index (κ3) is 5.00. The van der Waals surface area contributed by atoms with E-state index in [4.69, 9.17) is 24.6 Å². The second-order valence-electron chi connectivity index (χ2n) is 6.18. The van der Waals surface area contributed by atoms with Gasteiger partial charge in [0.15, 0.2) is 0 Å². The molecule has 0 amide bonds. The zero-order valence-corrected chi connectivity index (χ0v) is 15.7. The Morgan fingerprint density at radius 3 is 2.18 bits per heavy atom. The summed E-state index contributed by atoms with van der Waals surface area (Å²) < 4.78 is 57.5. The molecule has 0 aromatic carbocycles. The number of nitrogens with zero attached hydrogens (tertiary/aromatic N) is 1. The van der Waals surface area contributed by atoms with Crippen LogP contribution in [0.3, 0.4) is 0 Å². The summed E-state index contributed by atoms with van der Waals surface area (Å²) in [6.45, 7) is 1.54. The highest BCUT2D eigenvalue weighted by Gasteiger charge is 2.51. The van der Waals surface area contributed by atoms with Gasteiger partial charge in [-0.05, 0) is 31.9 Å². The van der Waals surface area contributed by atoms with Gasteiger partial charge >= 0.3 is 27.6 Å². The van der Waals surface area contributed by atoms with Crippen molar-refractivity contribution in [3.8, 4) is 0 Å². The van der Waals surface area contributed by atoms with Crippen molar-refractivity contribution in [3.05, 3.63) is 41.2 Å². The molecule has 1 aliphatic rings. The predicted octanol–water partition coefficient (Wildman–Crippen LogP) is 2.89. The van der Waals surface area contributed by atoms with Crippen LogP contribution in [-0.2, 0) is 25.1 Å². The highest BCUT2D eigenvalue weighted by molar-refractivity contribution is 7.86. The number of aliphatic carboxylic acids is 2. The molecule has 2 atom stereocenters. The van der Waals surface area contributed by atoms with Gasteiger partial charge in [0.25, 0.3) is 0 Å². The van der Waals surface area contributed by atoms with Crippen LogP contribution in [0.15, 0.2) is 30.5 Å². The molecule has 1 heterocycles. The van der Waals surface area contributed by atoms with Crippen LogP contribution >= 0.6 is 11.6 Å². The summed E-state index contributed by atoms with van der Waals surface area (Å²) in [7, 11) is -5.84. The van der Waals surface area contributed by atoms with Gasteiger partial charge in [0.05, 0.1) is 16.1 Å². The molecule has 1 unspecified atom stereocenters. The highest BCUT2D eigenvalue weighted by atomic mass is 35.5. The molecule has 8 nitrogen and oxygen atoms in total.